The molecular formula is C14H13ClFN3O2. The van der Waals surface area contributed by atoms with Gasteiger partial charge in [-0.3, -0.25) is 0 Å². The molecule has 0 spiro atoms. The van der Waals surface area contributed by atoms with Gasteiger partial charge in [-0.05, 0) is 26.0 Å². The van der Waals surface area contributed by atoms with Gasteiger partial charge in [-0.25, -0.2) is 14.4 Å². The molecule has 3 rings (SSSR count). The zero-order valence-corrected chi connectivity index (χ0v) is 12.3. The third-order valence-electron chi connectivity index (χ3n) is 3.05. The number of ether oxygens (including phenoxy) is 2. The maximum atomic E-state index is 13.9. The van der Waals surface area contributed by atoms with Gasteiger partial charge in [0.1, 0.15) is 0 Å². The molecule has 1 aromatic carbocycles. The fraction of sp³-hybridized carbons (Fsp3) is 0.286. The van der Waals surface area contributed by atoms with Gasteiger partial charge in [-0.1, -0.05) is 11.6 Å². The summed E-state index contributed by atoms with van der Waals surface area (Å²) in [6, 6.07) is 3.41. The summed E-state index contributed by atoms with van der Waals surface area (Å²) in [5.41, 5.74) is 0.913. The maximum Gasteiger partial charge on any atom is 0.231 e. The van der Waals surface area contributed by atoms with Gasteiger partial charge in [0.2, 0.25) is 6.79 Å². The Labute approximate surface area is 126 Å². The highest BCUT2D eigenvalue weighted by atomic mass is 35.5. The lowest BCUT2D eigenvalue weighted by molar-refractivity contribution is 0.174. The highest BCUT2D eigenvalue weighted by molar-refractivity contribution is 6.32. The number of hydrogen-bond acceptors (Lipinski definition) is 5. The second-order valence-corrected chi connectivity index (χ2v) is 4.92. The summed E-state index contributed by atoms with van der Waals surface area (Å²) in [7, 11) is 0. The van der Waals surface area contributed by atoms with Crippen LogP contribution in [0.1, 0.15) is 12.6 Å². The lowest BCUT2D eigenvalue weighted by atomic mass is 10.2. The number of rotatable bonds is 3. The predicted octanol–water partition coefficient (Wildman–Crippen LogP) is 3.41. The average Bonchev–Trinajstić information content (AvgIpc) is 2.92. The highest BCUT2D eigenvalue weighted by Gasteiger charge is 2.20. The van der Waals surface area contributed by atoms with Gasteiger partial charge in [-0.2, -0.15) is 0 Å². The molecule has 7 heteroatoms. The number of nitrogens with zero attached hydrogens (tertiary/aromatic N) is 2. The molecule has 1 aromatic heterocycles. The van der Waals surface area contributed by atoms with E-state index in [1.165, 1.54) is 0 Å². The van der Waals surface area contributed by atoms with Crippen LogP contribution in [0, 0.1) is 12.7 Å². The van der Waals surface area contributed by atoms with Crippen LogP contribution in [-0.4, -0.2) is 23.3 Å². The van der Waals surface area contributed by atoms with Crippen LogP contribution < -0.4 is 14.8 Å². The van der Waals surface area contributed by atoms with E-state index in [0.29, 0.717) is 34.5 Å². The van der Waals surface area contributed by atoms with Crippen molar-refractivity contribution in [1.82, 2.24) is 9.97 Å². The van der Waals surface area contributed by atoms with E-state index in [4.69, 9.17) is 21.1 Å². The van der Waals surface area contributed by atoms with E-state index < -0.39 is 5.82 Å². The molecule has 0 radical (unpaired) electrons. The monoisotopic (exact) mass is 309 g/mol. The third kappa shape index (κ3) is 2.47. The molecule has 1 N–H and O–H groups in total. The van der Waals surface area contributed by atoms with Gasteiger partial charge >= 0.3 is 0 Å². The van der Waals surface area contributed by atoms with Crippen molar-refractivity contribution in [1.29, 1.82) is 0 Å². The Morgan fingerprint density at radius 3 is 2.90 bits per heavy atom. The van der Waals surface area contributed by atoms with E-state index in [1.807, 2.05) is 6.92 Å². The SMILES string of the molecule is CCNc1nc(-c2cc(Cl)c3c(c2)OCO3)nc(C)c1F. The number of hydrogen-bond donors (Lipinski definition) is 1. The maximum absolute atomic E-state index is 13.9. The van der Waals surface area contributed by atoms with Crippen LogP contribution in [0.5, 0.6) is 11.5 Å². The van der Waals surface area contributed by atoms with Crippen molar-refractivity contribution in [3.05, 3.63) is 28.7 Å². The number of fused-ring (bicyclic) bond motifs is 1. The number of nitrogens with one attached hydrogen (secondary N) is 1. The van der Waals surface area contributed by atoms with Gasteiger partial charge in [0.15, 0.2) is 29.0 Å². The van der Waals surface area contributed by atoms with E-state index in [2.05, 4.69) is 15.3 Å². The first-order valence-electron chi connectivity index (χ1n) is 6.47. The third-order valence-corrected chi connectivity index (χ3v) is 3.33. The quantitative estimate of drug-likeness (QED) is 0.941. The van der Waals surface area contributed by atoms with Crippen molar-refractivity contribution >= 4 is 17.4 Å². The summed E-state index contributed by atoms with van der Waals surface area (Å²) in [6.45, 7) is 4.16. The van der Waals surface area contributed by atoms with E-state index in [1.54, 1.807) is 19.1 Å². The standard InChI is InChI=1S/C14H13ClFN3O2/c1-3-17-14-11(16)7(2)18-13(19-14)8-4-9(15)12-10(5-8)20-6-21-12/h4-5H,3,6H2,1-2H3,(H,17,18,19). The first kappa shape index (κ1) is 13.9. The van der Waals surface area contributed by atoms with Crippen LogP contribution in [0.2, 0.25) is 5.02 Å². The number of aryl methyl sites for hydroxylation is 1. The molecule has 21 heavy (non-hydrogen) atoms. The Morgan fingerprint density at radius 1 is 1.33 bits per heavy atom. The van der Waals surface area contributed by atoms with Crippen molar-refractivity contribution < 1.29 is 13.9 Å². The summed E-state index contributed by atoms with van der Waals surface area (Å²) < 4.78 is 24.5. The normalized spacial score (nSPS) is 12.6. The number of benzene rings is 1. The summed E-state index contributed by atoms with van der Waals surface area (Å²) in [5, 5.41) is 3.29. The molecule has 1 aliphatic rings. The van der Waals surface area contributed by atoms with Crippen LogP contribution in [0.3, 0.4) is 0 Å². The Morgan fingerprint density at radius 2 is 2.14 bits per heavy atom. The Balaban J connectivity index is 2.10. The highest BCUT2D eigenvalue weighted by Crippen LogP contribution is 2.41. The Kier molecular flexibility index (Phi) is 3.55. The average molecular weight is 310 g/mol. The lowest BCUT2D eigenvalue weighted by Crippen LogP contribution is -2.06. The molecule has 0 fully saturated rings. The van der Waals surface area contributed by atoms with Crippen molar-refractivity contribution in [2.75, 3.05) is 18.7 Å². The molecule has 2 heterocycles. The Hall–Kier alpha value is -2.08. The first-order chi connectivity index (χ1) is 10.1. The van der Waals surface area contributed by atoms with Crippen molar-refractivity contribution in [3.63, 3.8) is 0 Å². The van der Waals surface area contributed by atoms with Crippen LogP contribution in [0.4, 0.5) is 10.2 Å². The lowest BCUT2D eigenvalue weighted by Gasteiger charge is -2.09. The molecule has 0 amide bonds. The summed E-state index contributed by atoms with van der Waals surface area (Å²) in [5.74, 6) is 1.14. The number of anilines is 1. The minimum absolute atomic E-state index is 0.129. The molecule has 5 nitrogen and oxygen atoms in total. The molecule has 0 unspecified atom stereocenters. The molecule has 0 saturated carbocycles. The molecule has 110 valence electrons. The number of aromatic nitrogens is 2. The van der Waals surface area contributed by atoms with Crippen molar-refractivity contribution in [2.45, 2.75) is 13.8 Å². The molecular weight excluding hydrogens is 297 g/mol. The van der Waals surface area contributed by atoms with E-state index in [-0.39, 0.29) is 18.3 Å². The summed E-state index contributed by atoms with van der Waals surface area (Å²) >= 11 is 6.15. The number of halogens is 2. The minimum Gasteiger partial charge on any atom is -0.454 e. The summed E-state index contributed by atoms with van der Waals surface area (Å²) in [4.78, 5) is 8.38. The zero-order chi connectivity index (χ0) is 15.0. The molecule has 0 saturated heterocycles. The van der Waals surface area contributed by atoms with Gasteiger partial charge in [0, 0.05) is 12.1 Å². The van der Waals surface area contributed by atoms with E-state index in [0.717, 1.165) is 0 Å². The zero-order valence-electron chi connectivity index (χ0n) is 11.5. The minimum atomic E-state index is -0.451. The first-order valence-corrected chi connectivity index (χ1v) is 6.85. The molecule has 2 aromatic rings. The second kappa shape index (κ2) is 5.37. The van der Waals surface area contributed by atoms with E-state index >= 15 is 0 Å². The van der Waals surface area contributed by atoms with Crippen LogP contribution >= 0.6 is 11.6 Å². The second-order valence-electron chi connectivity index (χ2n) is 4.52. The largest absolute Gasteiger partial charge is 0.454 e. The Bertz CT molecular complexity index is 709. The van der Waals surface area contributed by atoms with Crippen LogP contribution in [0.15, 0.2) is 12.1 Å². The van der Waals surface area contributed by atoms with Crippen LogP contribution in [-0.2, 0) is 0 Å². The van der Waals surface area contributed by atoms with Gasteiger partial charge in [0.05, 0.1) is 10.7 Å². The fourth-order valence-electron chi connectivity index (χ4n) is 2.07. The van der Waals surface area contributed by atoms with Crippen molar-refractivity contribution in [3.8, 4) is 22.9 Å². The molecule has 0 aliphatic carbocycles. The van der Waals surface area contributed by atoms with Crippen LogP contribution in [0.25, 0.3) is 11.4 Å². The van der Waals surface area contributed by atoms with Gasteiger partial charge in [0.25, 0.3) is 0 Å². The van der Waals surface area contributed by atoms with Crippen molar-refractivity contribution in [2.24, 2.45) is 0 Å². The van der Waals surface area contributed by atoms with Gasteiger partial charge in [-0.15, -0.1) is 0 Å². The summed E-state index contributed by atoms with van der Waals surface area (Å²) in [6.07, 6.45) is 0. The van der Waals surface area contributed by atoms with E-state index in [9.17, 15) is 4.39 Å². The fourth-order valence-corrected chi connectivity index (χ4v) is 2.33. The predicted molar refractivity (Wildman–Crippen MR) is 77.5 cm³/mol. The smallest absolute Gasteiger partial charge is 0.231 e. The molecule has 0 atom stereocenters. The molecule has 1 aliphatic heterocycles. The van der Waals surface area contributed by atoms with Gasteiger partial charge < -0.3 is 14.8 Å². The molecule has 0 bridgehead atoms. The topological polar surface area (TPSA) is 56.3 Å².